The van der Waals surface area contributed by atoms with Gasteiger partial charge in [-0.3, -0.25) is 11.3 Å². The van der Waals surface area contributed by atoms with Crippen LogP contribution in [-0.2, 0) is 12.8 Å². The molecule has 0 spiro atoms. The van der Waals surface area contributed by atoms with E-state index in [9.17, 15) is 4.39 Å². The highest BCUT2D eigenvalue weighted by Crippen LogP contribution is 2.16. The Hall–Kier alpha value is -1.71. The second kappa shape index (κ2) is 7.34. The Kier molecular flexibility index (Phi) is 5.48. The zero-order valence-electron chi connectivity index (χ0n) is 12.7. The fourth-order valence-electron chi connectivity index (χ4n) is 2.59. The molecule has 0 amide bonds. The van der Waals surface area contributed by atoms with Gasteiger partial charge in [0.2, 0.25) is 0 Å². The summed E-state index contributed by atoms with van der Waals surface area (Å²) in [5.41, 5.74) is 7.63. The second-order valence-electron chi connectivity index (χ2n) is 5.60. The van der Waals surface area contributed by atoms with Crippen molar-refractivity contribution in [3.05, 3.63) is 70.5 Å². The van der Waals surface area contributed by atoms with Gasteiger partial charge in [0.05, 0.1) is 0 Å². The van der Waals surface area contributed by atoms with Crippen molar-refractivity contribution in [2.75, 3.05) is 0 Å². The monoisotopic (exact) mass is 286 g/mol. The number of hydrogen-bond donors (Lipinski definition) is 2. The van der Waals surface area contributed by atoms with Crippen molar-refractivity contribution in [1.29, 1.82) is 0 Å². The molecule has 21 heavy (non-hydrogen) atoms. The molecule has 0 aliphatic rings. The molecule has 112 valence electrons. The van der Waals surface area contributed by atoms with Crippen molar-refractivity contribution >= 4 is 0 Å². The van der Waals surface area contributed by atoms with Crippen LogP contribution in [0.1, 0.15) is 28.7 Å². The van der Waals surface area contributed by atoms with E-state index in [-0.39, 0.29) is 11.9 Å². The summed E-state index contributed by atoms with van der Waals surface area (Å²) < 4.78 is 13.4. The lowest BCUT2D eigenvalue weighted by Gasteiger charge is -2.18. The van der Waals surface area contributed by atoms with E-state index in [0.29, 0.717) is 0 Å². The van der Waals surface area contributed by atoms with Gasteiger partial charge < -0.3 is 0 Å². The third-order valence-electron chi connectivity index (χ3n) is 4.04. The summed E-state index contributed by atoms with van der Waals surface area (Å²) >= 11 is 0. The van der Waals surface area contributed by atoms with Crippen LogP contribution in [0.15, 0.2) is 42.5 Å². The number of nitrogens with one attached hydrogen (secondary N) is 1. The number of hydrogen-bond acceptors (Lipinski definition) is 2. The molecular weight excluding hydrogens is 263 g/mol. The van der Waals surface area contributed by atoms with Crippen LogP contribution in [0.25, 0.3) is 0 Å². The standard InChI is InChI=1S/C18H23FN2/c1-13-5-3-4-6-15(13)8-10-18(21-20)12-16-11-17(19)9-7-14(16)2/h3-7,9,11,18,21H,8,10,12,20H2,1-2H3. The van der Waals surface area contributed by atoms with Gasteiger partial charge >= 0.3 is 0 Å². The number of rotatable bonds is 6. The zero-order chi connectivity index (χ0) is 15.2. The van der Waals surface area contributed by atoms with Crippen molar-refractivity contribution in [3.63, 3.8) is 0 Å². The maximum Gasteiger partial charge on any atom is 0.123 e. The molecule has 0 fully saturated rings. The predicted octanol–water partition coefficient (Wildman–Crippen LogP) is 3.45. The third-order valence-corrected chi connectivity index (χ3v) is 4.04. The summed E-state index contributed by atoms with van der Waals surface area (Å²) in [6.07, 6.45) is 2.64. The van der Waals surface area contributed by atoms with Gasteiger partial charge in [0.1, 0.15) is 5.82 Å². The molecule has 2 rings (SSSR count). The van der Waals surface area contributed by atoms with E-state index in [1.165, 1.54) is 17.2 Å². The maximum absolute atomic E-state index is 13.4. The summed E-state index contributed by atoms with van der Waals surface area (Å²) in [5.74, 6) is 5.48. The first-order chi connectivity index (χ1) is 10.1. The predicted molar refractivity (Wildman–Crippen MR) is 85.5 cm³/mol. The Bertz CT molecular complexity index is 596. The minimum atomic E-state index is -0.190. The number of hydrazine groups is 1. The summed E-state index contributed by atoms with van der Waals surface area (Å²) in [5, 5.41) is 0. The minimum absolute atomic E-state index is 0.144. The fraction of sp³-hybridized carbons (Fsp3) is 0.333. The number of aryl methyl sites for hydroxylation is 3. The highest BCUT2D eigenvalue weighted by Gasteiger charge is 2.11. The Morgan fingerprint density at radius 1 is 1.05 bits per heavy atom. The molecule has 3 N–H and O–H groups in total. The summed E-state index contributed by atoms with van der Waals surface area (Å²) in [6, 6.07) is 13.4. The minimum Gasteiger partial charge on any atom is -0.271 e. The van der Waals surface area contributed by atoms with Gasteiger partial charge in [0.15, 0.2) is 0 Å². The van der Waals surface area contributed by atoms with Crippen LogP contribution >= 0.6 is 0 Å². The molecule has 3 heteroatoms. The molecule has 1 unspecified atom stereocenters. The molecule has 0 heterocycles. The summed E-state index contributed by atoms with van der Waals surface area (Å²) in [6.45, 7) is 4.13. The quantitative estimate of drug-likeness (QED) is 0.630. The molecular formula is C18H23FN2. The smallest absolute Gasteiger partial charge is 0.123 e. The molecule has 0 bridgehead atoms. The van der Waals surface area contributed by atoms with E-state index in [2.05, 4.69) is 30.5 Å². The van der Waals surface area contributed by atoms with Crippen molar-refractivity contribution in [1.82, 2.24) is 5.43 Å². The van der Waals surface area contributed by atoms with E-state index in [1.54, 1.807) is 6.07 Å². The number of halogens is 1. The normalized spacial score (nSPS) is 12.4. The topological polar surface area (TPSA) is 38.0 Å². The van der Waals surface area contributed by atoms with Crippen LogP contribution in [-0.4, -0.2) is 6.04 Å². The lowest BCUT2D eigenvalue weighted by atomic mass is 9.95. The summed E-state index contributed by atoms with van der Waals surface area (Å²) in [7, 11) is 0. The van der Waals surface area contributed by atoms with E-state index < -0.39 is 0 Å². The molecule has 0 saturated carbocycles. The van der Waals surface area contributed by atoms with Crippen LogP contribution in [0.3, 0.4) is 0 Å². The highest BCUT2D eigenvalue weighted by atomic mass is 19.1. The highest BCUT2D eigenvalue weighted by molar-refractivity contribution is 5.28. The maximum atomic E-state index is 13.4. The van der Waals surface area contributed by atoms with Gasteiger partial charge in [0.25, 0.3) is 0 Å². The molecule has 1 atom stereocenters. The van der Waals surface area contributed by atoms with E-state index >= 15 is 0 Å². The molecule has 0 aliphatic heterocycles. The first-order valence-electron chi connectivity index (χ1n) is 7.36. The fourth-order valence-corrected chi connectivity index (χ4v) is 2.59. The third kappa shape index (κ3) is 4.38. The molecule has 0 aromatic heterocycles. The average Bonchev–Trinajstić information content (AvgIpc) is 2.48. The lowest BCUT2D eigenvalue weighted by molar-refractivity contribution is 0.489. The Morgan fingerprint density at radius 3 is 2.48 bits per heavy atom. The van der Waals surface area contributed by atoms with Gasteiger partial charge in [-0.2, -0.15) is 0 Å². The van der Waals surface area contributed by atoms with E-state index in [0.717, 1.165) is 30.4 Å². The Balaban J connectivity index is 2.00. The first kappa shape index (κ1) is 15.7. The van der Waals surface area contributed by atoms with E-state index in [1.807, 2.05) is 19.1 Å². The van der Waals surface area contributed by atoms with E-state index in [4.69, 9.17) is 5.84 Å². The molecule has 0 radical (unpaired) electrons. The van der Waals surface area contributed by atoms with Crippen molar-refractivity contribution in [2.24, 2.45) is 5.84 Å². The first-order valence-corrected chi connectivity index (χ1v) is 7.36. The SMILES string of the molecule is Cc1ccccc1CCC(Cc1cc(F)ccc1C)NN. The molecule has 2 nitrogen and oxygen atoms in total. The molecule has 2 aromatic rings. The van der Waals surface area contributed by atoms with Gasteiger partial charge in [-0.25, -0.2) is 4.39 Å². The lowest BCUT2D eigenvalue weighted by Crippen LogP contribution is -2.37. The van der Waals surface area contributed by atoms with Crippen LogP contribution in [0.5, 0.6) is 0 Å². The van der Waals surface area contributed by atoms with Gasteiger partial charge in [0, 0.05) is 6.04 Å². The van der Waals surface area contributed by atoms with Crippen LogP contribution in [0, 0.1) is 19.7 Å². The number of benzene rings is 2. The zero-order valence-corrected chi connectivity index (χ0v) is 12.7. The number of nitrogens with two attached hydrogens (primary N) is 1. The van der Waals surface area contributed by atoms with Crippen molar-refractivity contribution < 1.29 is 4.39 Å². The Morgan fingerprint density at radius 2 is 1.76 bits per heavy atom. The van der Waals surface area contributed by atoms with Crippen LogP contribution in [0.2, 0.25) is 0 Å². The second-order valence-corrected chi connectivity index (χ2v) is 5.60. The van der Waals surface area contributed by atoms with Crippen molar-refractivity contribution in [3.8, 4) is 0 Å². The molecule has 0 aliphatic carbocycles. The molecule has 2 aromatic carbocycles. The van der Waals surface area contributed by atoms with Crippen LogP contribution < -0.4 is 11.3 Å². The van der Waals surface area contributed by atoms with Gasteiger partial charge in [-0.15, -0.1) is 0 Å². The van der Waals surface area contributed by atoms with Crippen LogP contribution in [0.4, 0.5) is 4.39 Å². The largest absolute Gasteiger partial charge is 0.271 e. The summed E-state index contributed by atoms with van der Waals surface area (Å²) in [4.78, 5) is 0. The van der Waals surface area contributed by atoms with Gasteiger partial charge in [-0.05, 0) is 67.5 Å². The molecule has 0 saturated heterocycles. The van der Waals surface area contributed by atoms with Gasteiger partial charge in [-0.1, -0.05) is 30.3 Å². The van der Waals surface area contributed by atoms with Crippen molar-refractivity contribution in [2.45, 2.75) is 39.2 Å². The average molecular weight is 286 g/mol. The Labute approximate surface area is 126 Å².